The summed E-state index contributed by atoms with van der Waals surface area (Å²) in [5, 5.41) is 15.1. The lowest BCUT2D eigenvalue weighted by atomic mass is 10.0. The Hall–Kier alpha value is -4.60. The van der Waals surface area contributed by atoms with Crippen molar-refractivity contribution in [3.8, 4) is 0 Å². The topological polar surface area (TPSA) is 111 Å². The molecule has 47 heavy (non-hydrogen) atoms. The quantitative estimate of drug-likeness (QED) is 0.110. The van der Waals surface area contributed by atoms with Crippen LogP contribution in [0.5, 0.6) is 0 Å². The predicted octanol–water partition coefficient (Wildman–Crippen LogP) is 7.67. The molecular weight excluding hydrogens is 609 g/mol. The van der Waals surface area contributed by atoms with Crippen LogP contribution in [0.15, 0.2) is 95.9 Å². The Bertz CT molecular complexity index is 1710. The van der Waals surface area contributed by atoms with Crippen LogP contribution in [0.25, 0.3) is 0 Å². The van der Waals surface area contributed by atoms with E-state index in [4.69, 9.17) is 5.11 Å². The molecule has 1 saturated heterocycles. The third kappa shape index (κ3) is 9.02. The molecule has 2 aliphatic rings. The summed E-state index contributed by atoms with van der Waals surface area (Å²) < 4.78 is 3.40. The van der Waals surface area contributed by atoms with Crippen LogP contribution in [0.3, 0.4) is 0 Å². The number of carbonyl (C=O) groups excluding carboxylic acids is 2. The maximum atomic E-state index is 13.8. The SMILES string of the molecule is O=C(O)c1ccc(CCc2ccc(NC(=O)c3cc(N4CCCCC4)ccc3NC(=O)c3cccc(SNCC4CC4)c3)cc2)cc1. The van der Waals surface area contributed by atoms with E-state index in [9.17, 15) is 14.4 Å². The molecule has 242 valence electrons. The van der Waals surface area contributed by atoms with Crippen LogP contribution in [0, 0.1) is 5.92 Å². The summed E-state index contributed by atoms with van der Waals surface area (Å²) in [6.07, 6.45) is 7.55. The molecule has 8 nitrogen and oxygen atoms in total. The molecule has 0 unspecified atom stereocenters. The van der Waals surface area contributed by atoms with E-state index in [1.807, 2.05) is 72.8 Å². The number of benzene rings is 4. The van der Waals surface area contributed by atoms with Gasteiger partial charge in [0.1, 0.15) is 0 Å². The Morgan fingerprint density at radius 2 is 1.45 bits per heavy atom. The van der Waals surface area contributed by atoms with Gasteiger partial charge in [-0.3, -0.25) is 14.3 Å². The molecule has 4 N–H and O–H groups in total. The van der Waals surface area contributed by atoms with Gasteiger partial charge in [0.05, 0.1) is 16.8 Å². The minimum atomic E-state index is -0.932. The van der Waals surface area contributed by atoms with Crippen LogP contribution in [0.1, 0.15) is 74.3 Å². The number of nitrogens with one attached hydrogen (secondary N) is 3. The number of rotatable bonds is 13. The third-order valence-corrected chi connectivity index (χ3v) is 9.49. The van der Waals surface area contributed by atoms with Gasteiger partial charge in [0, 0.05) is 41.5 Å². The predicted molar refractivity (Wildman–Crippen MR) is 189 cm³/mol. The number of aryl methyl sites for hydroxylation is 2. The Morgan fingerprint density at radius 1 is 0.745 bits per heavy atom. The van der Waals surface area contributed by atoms with Crippen molar-refractivity contribution in [2.45, 2.75) is 49.8 Å². The number of piperidine rings is 1. The van der Waals surface area contributed by atoms with Gasteiger partial charge in [-0.25, -0.2) is 4.79 Å². The molecule has 4 aromatic carbocycles. The second-order valence-electron chi connectivity index (χ2n) is 12.3. The fourth-order valence-electron chi connectivity index (χ4n) is 5.69. The summed E-state index contributed by atoms with van der Waals surface area (Å²) in [5.74, 6) is -0.727. The van der Waals surface area contributed by atoms with Gasteiger partial charge >= 0.3 is 5.97 Å². The van der Waals surface area contributed by atoms with Crippen LogP contribution < -0.4 is 20.3 Å². The first kappa shape index (κ1) is 32.3. The van der Waals surface area contributed by atoms with Gasteiger partial charge in [0.15, 0.2) is 0 Å². The molecule has 0 radical (unpaired) electrons. The Labute approximate surface area is 280 Å². The standard InChI is InChI=1S/C38H40N4O4S/c43-36(30-5-4-6-33(23-30)47-39-25-28-9-10-28)41-35-20-19-32(42-21-2-1-3-22-42)24-34(35)37(44)40-31-17-13-27(14-18-31)8-7-26-11-15-29(16-12-26)38(45)46/h4-6,11-20,23-24,28,39H,1-3,7-10,21-22,25H2,(H,40,44)(H,41,43)(H,45,46). The van der Waals surface area contributed by atoms with Crippen molar-refractivity contribution in [3.63, 3.8) is 0 Å². The summed E-state index contributed by atoms with van der Waals surface area (Å²) in [5.41, 5.74) is 5.48. The first-order valence-electron chi connectivity index (χ1n) is 16.3. The van der Waals surface area contributed by atoms with Crippen molar-refractivity contribution in [2.24, 2.45) is 5.92 Å². The van der Waals surface area contributed by atoms with Crippen LogP contribution in [0.4, 0.5) is 17.1 Å². The molecule has 1 heterocycles. The van der Waals surface area contributed by atoms with E-state index < -0.39 is 5.97 Å². The van der Waals surface area contributed by atoms with E-state index in [0.717, 1.165) is 72.9 Å². The summed E-state index contributed by atoms with van der Waals surface area (Å²) in [6.45, 7) is 2.85. The van der Waals surface area contributed by atoms with Crippen molar-refractivity contribution in [3.05, 3.63) is 119 Å². The molecular formula is C38H40N4O4S. The molecule has 2 fully saturated rings. The highest BCUT2D eigenvalue weighted by molar-refractivity contribution is 7.97. The first-order valence-corrected chi connectivity index (χ1v) is 17.2. The van der Waals surface area contributed by atoms with E-state index in [-0.39, 0.29) is 17.4 Å². The van der Waals surface area contributed by atoms with Gasteiger partial charge in [-0.05, 0) is 135 Å². The monoisotopic (exact) mass is 648 g/mol. The molecule has 0 aromatic heterocycles. The Morgan fingerprint density at radius 3 is 2.13 bits per heavy atom. The molecule has 0 atom stereocenters. The zero-order chi connectivity index (χ0) is 32.6. The minimum absolute atomic E-state index is 0.267. The van der Waals surface area contributed by atoms with E-state index in [1.54, 1.807) is 18.2 Å². The number of anilines is 3. The average Bonchev–Trinajstić information content (AvgIpc) is 3.93. The zero-order valence-electron chi connectivity index (χ0n) is 26.3. The highest BCUT2D eigenvalue weighted by Crippen LogP contribution is 2.30. The molecule has 0 bridgehead atoms. The van der Waals surface area contributed by atoms with Gasteiger partial charge in [-0.15, -0.1) is 0 Å². The van der Waals surface area contributed by atoms with Crippen molar-refractivity contribution < 1.29 is 19.5 Å². The van der Waals surface area contributed by atoms with E-state index in [2.05, 4.69) is 20.3 Å². The minimum Gasteiger partial charge on any atom is -0.478 e. The molecule has 6 rings (SSSR count). The highest BCUT2D eigenvalue weighted by atomic mass is 32.2. The Balaban J connectivity index is 1.14. The summed E-state index contributed by atoms with van der Waals surface area (Å²) in [4.78, 5) is 41.5. The number of amides is 2. The second-order valence-corrected chi connectivity index (χ2v) is 13.3. The number of hydrogen-bond donors (Lipinski definition) is 4. The summed E-state index contributed by atoms with van der Waals surface area (Å²) in [6, 6.07) is 27.9. The normalized spacial score (nSPS) is 14.4. The number of aromatic carboxylic acids is 1. The average molecular weight is 649 g/mol. The Kier molecular flexibility index (Phi) is 10.5. The van der Waals surface area contributed by atoms with Gasteiger partial charge < -0.3 is 20.6 Å². The molecule has 4 aromatic rings. The van der Waals surface area contributed by atoms with Crippen LogP contribution >= 0.6 is 11.9 Å². The lowest BCUT2D eigenvalue weighted by Crippen LogP contribution is -2.29. The largest absolute Gasteiger partial charge is 0.478 e. The van der Waals surface area contributed by atoms with Gasteiger partial charge in [-0.2, -0.15) is 0 Å². The van der Waals surface area contributed by atoms with E-state index in [0.29, 0.717) is 22.5 Å². The molecule has 1 aliphatic carbocycles. The summed E-state index contributed by atoms with van der Waals surface area (Å²) >= 11 is 1.54. The maximum absolute atomic E-state index is 13.8. The van der Waals surface area contributed by atoms with E-state index in [1.165, 1.54) is 31.2 Å². The number of hydrogen-bond acceptors (Lipinski definition) is 6. The number of carbonyl (C=O) groups is 3. The second kappa shape index (κ2) is 15.3. The van der Waals surface area contributed by atoms with Crippen molar-refractivity contribution in [2.75, 3.05) is 35.2 Å². The molecule has 0 spiro atoms. The fourth-order valence-corrected chi connectivity index (χ4v) is 6.51. The van der Waals surface area contributed by atoms with Crippen molar-refractivity contribution in [1.29, 1.82) is 0 Å². The number of carboxylic acids is 1. The number of carboxylic acid groups (broad SMARTS) is 1. The first-order chi connectivity index (χ1) is 22.9. The van der Waals surface area contributed by atoms with Gasteiger partial charge in [0.25, 0.3) is 11.8 Å². The molecule has 1 aliphatic heterocycles. The van der Waals surface area contributed by atoms with Crippen LogP contribution in [-0.4, -0.2) is 42.5 Å². The fraction of sp³-hybridized carbons (Fsp3) is 0.289. The van der Waals surface area contributed by atoms with Crippen molar-refractivity contribution >= 4 is 46.8 Å². The third-order valence-electron chi connectivity index (χ3n) is 8.69. The zero-order valence-corrected chi connectivity index (χ0v) is 27.2. The molecule has 9 heteroatoms. The van der Waals surface area contributed by atoms with Crippen molar-refractivity contribution in [1.82, 2.24) is 4.72 Å². The molecule has 2 amide bonds. The summed E-state index contributed by atoms with van der Waals surface area (Å²) in [7, 11) is 0. The lowest BCUT2D eigenvalue weighted by molar-refractivity contribution is 0.0696. The lowest BCUT2D eigenvalue weighted by Gasteiger charge is -2.29. The molecule has 1 saturated carbocycles. The van der Waals surface area contributed by atoms with Gasteiger partial charge in [-0.1, -0.05) is 30.3 Å². The van der Waals surface area contributed by atoms with Crippen LogP contribution in [0.2, 0.25) is 0 Å². The highest BCUT2D eigenvalue weighted by Gasteiger charge is 2.21. The maximum Gasteiger partial charge on any atom is 0.335 e. The number of nitrogens with zero attached hydrogens (tertiary/aromatic N) is 1. The van der Waals surface area contributed by atoms with Gasteiger partial charge in [0.2, 0.25) is 0 Å². The smallest absolute Gasteiger partial charge is 0.335 e. The van der Waals surface area contributed by atoms with E-state index >= 15 is 0 Å². The van der Waals surface area contributed by atoms with Crippen LogP contribution in [-0.2, 0) is 12.8 Å².